The molecule has 1 aromatic heterocycles. The number of pyridine rings is 1. The van der Waals surface area contributed by atoms with E-state index in [1.54, 1.807) is 6.20 Å². The Morgan fingerprint density at radius 2 is 2.19 bits per heavy atom. The molecule has 1 unspecified atom stereocenters. The maximum Gasteiger partial charge on any atom is 0.123 e. The van der Waals surface area contributed by atoms with Crippen molar-refractivity contribution in [2.24, 2.45) is 0 Å². The van der Waals surface area contributed by atoms with Crippen LogP contribution in [0.4, 0.5) is 0 Å². The Labute approximate surface area is 94.7 Å². The Morgan fingerprint density at radius 1 is 1.38 bits per heavy atom. The summed E-state index contributed by atoms with van der Waals surface area (Å²) in [6.45, 7) is 2.75. The smallest absolute Gasteiger partial charge is 0.123 e. The Hall–Kier alpha value is -1.92. The third-order valence-electron chi connectivity index (χ3n) is 2.55. The van der Waals surface area contributed by atoms with Crippen molar-refractivity contribution in [2.45, 2.75) is 13.0 Å². The second-order valence-electron chi connectivity index (χ2n) is 3.57. The summed E-state index contributed by atoms with van der Waals surface area (Å²) in [7, 11) is 0. The maximum absolute atomic E-state index is 9.13. The van der Waals surface area contributed by atoms with Gasteiger partial charge < -0.3 is 0 Å². The average Bonchev–Trinajstić information content (AvgIpc) is 2.35. The summed E-state index contributed by atoms with van der Waals surface area (Å²) in [6.07, 6.45) is 3.58. The van der Waals surface area contributed by atoms with Crippen LogP contribution in [0.25, 0.3) is 10.8 Å². The Morgan fingerprint density at radius 3 is 2.94 bits per heavy atom. The molecule has 2 aromatic rings. The summed E-state index contributed by atoms with van der Waals surface area (Å²) in [5, 5.41) is 14.4. The zero-order valence-corrected chi connectivity index (χ0v) is 9.14. The molecular formula is C13H13N3. The molecule has 3 heteroatoms. The lowest BCUT2D eigenvalue weighted by Gasteiger charge is -2.12. The minimum absolute atomic E-state index is 0.288. The fourth-order valence-corrected chi connectivity index (χ4v) is 1.80. The Balaban J connectivity index is 2.55. The predicted octanol–water partition coefficient (Wildman–Crippen LogP) is 2.41. The molecule has 1 atom stereocenters. The number of hydrogen-bond acceptors (Lipinski definition) is 3. The van der Waals surface area contributed by atoms with E-state index in [1.165, 1.54) is 0 Å². The number of hydrogen-bond donors (Lipinski definition) is 1. The molecule has 0 bridgehead atoms. The minimum atomic E-state index is -0.288. The molecular weight excluding hydrogens is 198 g/mol. The molecule has 0 radical (unpaired) electrons. The van der Waals surface area contributed by atoms with Gasteiger partial charge in [-0.3, -0.25) is 10.3 Å². The van der Waals surface area contributed by atoms with Crippen molar-refractivity contribution < 1.29 is 0 Å². The fourth-order valence-electron chi connectivity index (χ4n) is 1.80. The first-order valence-electron chi connectivity index (χ1n) is 5.32. The molecule has 0 saturated carbocycles. The summed E-state index contributed by atoms with van der Waals surface area (Å²) in [6, 6.07) is 9.95. The van der Waals surface area contributed by atoms with Crippen molar-refractivity contribution in [3.05, 3.63) is 42.2 Å². The lowest BCUT2D eigenvalue weighted by atomic mass is 10.0. The van der Waals surface area contributed by atoms with E-state index >= 15 is 0 Å². The van der Waals surface area contributed by atoms with Gasteiger partial charge in [-0.15, -0.1) is 0 Å². The molecule has 1 aromatic carbocycles. The van der Waals surface area contributed by atoms with Crippen LogP contribution >= 0.6 is 0 Å². The Kier molecular flexibility index (Phi) is 3.13. The van der Waals surface area contributed by atoms with Gasteiger partial charge in [0.1, 0.15) is 6.04 Å². The number of nitrogens with zero attached hydrogens (tertiary/aromatic N) is 2. The molecule has 0 amide bonds. The van der Waals surface area contributed by atoms with E-state index in [4.69, 9.17) is 5.26 Å². The summed E-state index contributed by atoms with van der Waals surface area (Å²) >= 11 is 0. The first-order valence-corrected chi connectivity index (χ1v) is 5.32. The van der Waals surface area contributed by atoms with Crippen LogP contribution < -0.4 is 5.32 Å². The van der Waals surface area contributed by atoms with Crippen LogP contribution in [0.3, 0.4) is 0 Å². The van der Waals surface area contributed by atoms with E-state index in [1.807, 2.05) is 37.4 Å². The first-order chi connectivity index (χ1) is 7.86. The van der Waals surface area contributed by atoms with Gasteiger partial charge >= 0.3 is 0 Å². The number of benzene rings is 1. The van der Waals surface area contributed by atoms with Crippen molar-refractivity contribution in [1.29, 1.82) is 5.26 Å². The third-order valence-corrected chi connectivity index (χ3v) is 2.55. The zero-order valence-electron chi connectivity index (χ0n) is 9.14. The highest BCUT2D eigenvalue weighted by molar-refractivity contribution is 5.85. The van der Waals surface area contributed by atoms with Gasteiger partial charge in [0, 0.05) is 23.3 Å². The molecule has 1 heterocycles. The molecule has 0 aliphatic rings. The van der Waals surface area contributed by atoms with E-state index in [2.05, 4.69) is 16.4 Å². The SMILES string of the molecule is CCNC(C#N)c1cncc2ccccc12. The number of nitriles is 1. The quantitative estimate of drug-likeness (QED) is 0.848. The molecule has 0 saturated heterocycles. The van der Waals surface area contributed by atoms with Gasteiger partial charge in [-0.1, -0.05) is 31.2 Å². The van der Waals surface area contributed by atoms with Gasteiger partial charge in [0.2, 0.25) is 0 Å². The van der Waals surface area contributed by atoms with Crippen LogP contribution in [0.15, 0.2) is 36.7 Å². The molecule has 0 aliphatic heterocycles. The first kappa shape index (κ1) is 10.6. The van der Waals surface area contributed by atoms with E-state index in [0.29, 0.717) is 0 Å². The Bertz CT molecular complexity index is 523. The minimum Gasteiger partial charge on any atom is -0.298 e. The number of fused-ring (bicyclic) bond motifs is 1. The van der Waals surface area contributed by atoms with Crippen LogP contribution in [0.2, 0.25) is 0 Å². The highest BCUT2D eigenvalue weighted by Gasteiger charge is 2.12. The van der Waals surface area contributed by atoms with Crippen molar-refractivity contribution in [3.63, 3.8) is 0 Å². The van der Waals surface area contributed by atoms with Crippen molar-refractivity contribution >= 4 is 10.8 Å². The van der Waals surface area contributed by atoms with E-state index in [9.17, 15) is 0 Å². The summed E-state index contributed by atoms with van der Waals surface area (Å²) in [4.78, 5) is 4.17. The van der Waals surface area contributed by atoms with E-state index in [-0.39, 0.29) is 6.04 Å². The van der Waals surface area contributed by atoms with Gasteiger partial charge in [0.15, 0.2) is 0 Å². The average molecular weight is 211 g/mol. The van der Waals surface area contributed by atoms with Crippen molar-refractivity contribution in [1.82, 2.24) is 10.3 Å². The third kappa shape index (κ3) is 1.88. The molecule has 1 N–H and O–H groups in total. The standard InChI is InChI=1S/C13H13N3/c1-2-16-13(7-14)12-9-15-8-10-5-3-4-6-11(10)12/h3-6,8-9,13,16H,2H2,1H3. The van der Waals surface area contributed by atoms with Crippen LogP contribution in [0.5, 0.6) is 0 Å². The van der Waals surface area contributed by atoms with E-state index < -0.39 is 0 Å². The molecule has 3 nitrogen and oxygen atoms in total. The monoisotopic (exact) mass is 211 g/mol. The summed E-state index contributed by atoms with van der Waals surface area (Å²) in [5.74, 6) is 0. The van der Waals surface area contributed by atoms with Crippen LogP contribution in [-0.2, 0) is 0 Å². The molecule has 2 rings (SSSR count). The van der Waals surface area contributed by atoms with Crippen LogP contribution in [-0.4, -0.2) is 11.5 Å². The largest absolute Gasteiger partial charge is 0.298 e. The van der Waals surface area contributed by atoms with Crippen molar-refractivity contribution in [2.75, 3.05) is 6.54 Å². The summed E-state index contributed by atoms with van der Waals surface area (Å²) < 4.78 is 0. The van der Waals surface area contributed by atoms with Gasteiger partial charge in [-0.2, -0.15) is 5.26 Å². The van der Waals surface area contributed by atoms with E-state index in [0.717, 1.165) is 22.9 Å². The molecule has 0 aliphatic carbocycles. The zero-order chi connectivity index (χ0) is 11.4. The van der Waals surface area contributed by atoms with Gasteiger partial charge in [-0.05, 0) is 11.9 Å². The van der Waals surface area contributed by atoms with Crippen LogP contribution in [0.1, 0.15) is 18.5 Å². The number of rotatable bonds is 3. The number of aromatic nitrogens is 1. The fraction of sp³-hybridized carbons (Fsp3) is 0.231. The van der Waals surface area contributed by atoms with Gasteiger partial charge in [0.05, 0.1) is 6.07 Å². The van der Waals surface area contributed by atoms with Crippen LogP contribution in [0, 0.1) is 11.3 Å². The summed E-state index contributed by atoms with van der Waals surface area (Å²) in [5.41, 5.74) is 0.947. The normalized spacial score (nSPS) is 12.2. The molecule has 0 fully saturated rings. The highest BCUT2D eigenvalue weighted by Crippen LogP contribution is 2.22. The van der Waals surface area contributed by atoms with Gasteiger partial charge in [0.25, 0.3) is 0 Å². The second kappa shape index (κ2) is 4.73. The molecule has 80 valence electrons. The number of nitrogens with one attached hydrogen (secondary N) is 1. The topological polar surface area (TPSA) is 48.7 Å². The highest BCUT2D eigenvalue weighted by atomic mass is 14.9. The lowest BCUT2D eigenvalue weighted by molar-refractivity contribution is 0.660. The predicted molar refractivity (Wildman–Crippen MR) is 63.8 cm³/mol. The van der Waals surface area contributed by atoms with Crippen molar-refractivity contribution in [3.8, 4) is 6.07 Å². The second-order valence-corrected chi connectivity index (χ2v) is 3.57. The van der Waals surface area contributed by atoms with Gasteiger partial charge in [-0.25, -0.2) is 0 Å². The maximum atomic E-state index is 9.13. The molecule has 16 heavy (non-hydrogen) atoms. The lowest BCUT2D eigenvalue weighted by Crippen LogP contribution is -2.19. The molecule has 0 spiro atoms.